The minimum Gasteiger partial charge on any atom is -0.479 e. The molecule has 0 aliphatic rings. The number of aliphatic carboxylic acids is 1. The molecule has 0 fully saturated rings. The molecule has 0 radical (unpaired) electrons. The van der Waals surface area contributed by atoms with E-state index in [-0.39, 0.29) is 6.42 Å². The number of carbonyl (C=O) groups is 1. The molecule has 14 heavy (non-hydrogen) atoms. The standard InChI is InChI=1S/C10H13NO3/c1-7-3-4-8(11-6-7)5-10(2,14)9(12)13/h3-4,6,14H,5H2,1-2H3,(H,12,13). The van der Waals surface area contributed by atoms with Gasteiger partial charge in [0, 0.05) is 18.3 Å². The Hall–Kier alpha value is -1.42. The van der Waals surface area contributed by atoms with Crippen LogP contribution in [0.1, 0.15) is 18.2 Å². The summed E-state index contributed by atoms with van der Waals surface area (Å²) in [6.07, 6.45) is 1.66. The summed E-state index contributed by atoms with van der Waals surface area (Å²) in [4.78, 5) is 14.6. The maximum Gasteiger partial charge on any atom is 0.335 e. The molecule has 1 unspecified atom stereocenters. The second kappa shape index (κ2) is 3.75. The summed E-state index contributed by atoms with van der Waals surface area (Å²) in [5.74, 6) is -1.24. The lowest BCUT2D eigenvalue weighted by Crippen LogP contribution is -2.37. The first-order chi connectivity index (χ1) is 6.42. The smallest absolute Gasteiger partial charge is 0.335 e. The van der Waals surface area contributed by atoms with Crippen LogP contribution < -0.4 is 0 Å². The highest BCUT2D eigenvalue weighted by atomic mass is 16.4. The lowest BCUT2D eigenvalue weighted by atomic mass is 10.00. The van der Waals surface area contributed by atoms with Crippen molar-refractivity contribution in [3.8, 4) is 0 Å². The number of aryl methyl sites for hydroxylation is 1. The summed E-state index contributed by atoms with van der Waals surface area (Å²) >= 11 is 0. The van der Waals surface area contributed by atoms with E-state index < -0.39 is 11.6 Å². The predicted octanol–water partition coefficient (Wildman–Crippen LogP) is 0.768. The van der Waals surface area contributed by atoms with Crippen LogP contribution in [0.2, 0.25) is 0 Å². The maximum absolute atomic E-state index is 10.6. The molecule has 0 spiro atoms. The third kappa shape index (κ3) is 2.53. The molecular weight excluding hydrogens is 182 g/mol. The van der Waals surface area contributed by atoms with Crippen molar-refractivity contribution in [2.75, 3.05) is 0 Å². The van der Waals surface area contributed by atoms with Gasteiger partial charge in [-0.25, -0.2) is 4.79 Å². The molecule has 0 saturated heterocycles. The number of aromatic nitrogens is 1. The van der Waals surface area contributed by atoms with Crippen LogP contribution in [0.3, 0.4) is 0 Å². The summed E-state index contributed by atoms with van der Waals surface area (Å²) in [6, 6.07) is 3.55. The topological polar surface area (TPSA) is 70.4 Å². The second-order valence-corrected chi connectivity index (χ2v) is 3.58. The SMILES string of the molecule is Cc1ccc(CC(C)(O)C(=O)O)nc1. The van der Waals surface area contributed by atoms with Gasteiger partial charge in [0.15, 0.2) is 5.60 Å². The summed E-state index contributed by atoms with van der Waals surface area (Å²) in [5, 5.41) is 18.2. The Morgan fingerprint density at radius 1 is 1.57 bits per heavy atom. The van der Waals surface area contributed by atoms with E-state index in [1.54, 1.807) is 12.3 Å². The van der Waals surface area contributed by atoms with Crippen LogP contribution in [-0.4, -0.2) is 26.8 Å². The van der Waals surface area contributed by atoms with Crippen molar-refractivity contribution in [3.63, 3.8) is 0 Å². The highest BCUT2D eigenvalue weighted by Crippen LogP contribution is 2.11. The molecule has 1 rings (SSSR count). The van der Waals surface area contributed by atoms with Gasteiger partial charge in [0.2, 0.25) is 0 Å². The van der Waals surface area contributed by atoms with Crippen LogP contribution in [-0.2, 0) is 11.2 Å². The van der Waals surface area contributed by atoms with Crippen LogP contribution >= 0.6 is 0 Å². The first-order valence-corrected chi connectivity index (χ1v) is 4.29. The lowest BCUT2D eigenvalue weighted by molar-refractivity contribution is -0.156. The minimum absolute atomic E-state index is 0.0165. The molecule has 0 aliphatic heterocycles. The molecule has 0 aromatic carbocycles. The Balaban J connectivity index is 2.79. The van der Waals surface area contributed by atoms with Gasteiger partial charge in [-0.3, -0.25) is 4.98 Å². The van der Waals surface area contributed by atoms with E-state index in [1.807, 2.05) is 13.0 Å². The Morgan fingerprint density at radius 2 is 2.21 bits per heavy atom. The second-order valence-electron chi connectivity index (χ2n) is 3.58. The number of hydrogen-bond acceptors (Lipinski definition) is 3. The van der Waals surface area contributed by atoms with E-state index in [9.17, 15) is 9.90 Å². The first kappa shape index (κ1) is 10.7. The molecule has 1 atom stereocenters. The number of hydrogen-bond donors (Lipinski definition) is 2. The van der Waals surface area contributed by atoms with Gasteiger partial charge in [0.25, 0.3) is 0 Å². The Bertz CT molecular complexity index is 330. The fraction of sp³-hybridized carbons (Fsp3) is 0.400. The van der Waals surface area contributed by atoms with Crippen molar-refractivity contribution in [2.45, 2.75) is 25.9 Å². The van der Waals surface area contributed by atoms with Gasteiger partial charge in [-0.1, -0.05) is 6.07 Å². The average molecular weight is 195 g/mol. The van der Waals surface area contributed by atoms with Gasteiger partial charge >= 0.3 is 5.97 Å². The van der Waals surface area contributed by atoms with Gasteiger partial charge in [0.1, 0.15) is 0 Å². The monoisotopic (exact) mass is 195 g/mol. The van der Waals surface area contributed by atoms with Crippen LogP contribution in [0.25, 0.3) is 0 Å². The molecule has 0 aliphatic carbocycles. The number of pyridine rings is 1. The fourth-order valence-electron chi connectivity index (χ4n) is 1.03. The molecule has 0 amide bonds. The van der Waals surface area contributed by atoms with Crippen LogP contribution in [0.4, 0.5) is 0 Å². The summed E-state index contributed by atoms with van der Waals surface area (Å²) in [5.41, 5.74) is -0.172. The molecule has 1 aromatic heterocycles. The zero-order valence-corrected chi connectivity index (χ0v) is 8.19. The molecule has 4 heteroatoms. The normalized spacial score (nSPS) is 14.8. The molecular formula is C10H13NO3. The van der Waals surface area contributed by atoms with E-state index in [2.05, 4.69) is 4.98 Å². The van der Waals surface area contributed by atoms with E-state index in [0.717, 1.165) is 5.56 Å². The third-order valence-corrected chi connectivity index (χ3v) is 1.96. The molecule has 4 nitrogen and oxygen atoms in total. The summed E-state index contributed by atoms with van der Waals surface area (Å²) < 4.78 is 0. The van der Waals surface area contributed by atoms with Crippen molar-refractivity contribution in [1.82, 2.24) is 4.98 Å². The first-order valence-electron chi connectivity index (χ1n) is 4.29. The van der Waals surface area contributed by atoms with E-state index in [4.69, 9.17) is 5.11 Å². The van der Waals surface area contributed by atoms with Gasteiger partial charge < -0.3 is 10.2 Å². The van der Waals surface area contributed by atoms with Gasteiger partial charge in [0.05, 0.1) is 0 Å². The Morgan fingerprint density at radius 3 is 2.64 bits per heavy atom. The largest absolute Gasteiger partial charge is 0.479 e. The predicted molar refractivity (Wildman–Crippen MR) is 50.9 cm³/mol. The Kier molecular flexibility index (Phi) is 2.86. The zero-order chi connectivity index (χ0) is 10.8. The Labute approximate surface area is 82.2 Å². The van der Waals surface area contributed by atoms with Crippen molar-refractivity contribution >= 4 is 5.97 Å². The third-order valence-electron chi connectivity index (χ3n) is 1.96. The van der Waals surface area contributed by atoms with Gasteiger partial charge in [-0.2, -0.15) is 0 Å². The van der Waals surface area contributed by atoms with Crippen molar-refractivity contribution in [2.24, 2.45) is 0 Å². The average Bonchev–Trinajstić information content (AvgIpc) is 2.08. The van der Waals surface area contributed by atoms with Gasteiger partial charge in [-0.05, 0) is 25.5 Å². The number of carboxylic acids is 1. The number of rotatable bonds is 3. The van der Waals surface area contributed by atoms with E-state index >= 15 is 0 Å². The summed E-state index contributed by atoms with van der Waals surface area (Å²) in [6.45, 7) is 3.16. The van der Waals surface area contributed by atoms with Crippen molar-refractivity contribution in [1.29, 1.82) is 0 Å². The fourth-order valence-corrected chi connectivity index (χ4v) is 1.03. The van der Waals surface area contributed by atoms with Crippen molar-refractivity contribution < 1.29 is 15.0 Å². The maximum atomic E-state index is 10.6. The van der Waals surface area contributed by atoms with Gasteiger partial charge in [-0.15, -0.1) is 0 Å². The molecule has 0 bridgehead atoms. The zero-order valence-electron chi connectivity index (χ0n) is 8.19. The van der Waals surface area contributed by atoms with Crippen molar-refractivity contribution in [3.05, 3.63) is 29.6 Å². The molecule has 0 saturated carbocycles. The van der Waals surface area contributed by atoms with Crippen LogP contribution in [0.15, 0.2) is 18.3 Å². The molecule has 1 heterocycles. The number of aliphatic hydroxyl groups is 1. The minimum atomic E-state index is -1.75. The highest BCUT2D eigenvalue weighted by molar-refractivity contribution is 5.76. The summed E-state index contributed by atoms with van der Waals surface area (Å²) in [7, 11) is 0. The van der Waals surface area contributed by atoms with E-state index in [1.165, 1.54) is 6.92 Å². The molecule has 76 valence electrons. The highest BCUT2D eigenvalue weighted by Gasteiger charge is 2.30. The lowest BCUT2D eigenvalue weighted by Gasteiger charge is -2.16. The van der Waals surface area contributed by atoms with E-state index in [0.29, 0.717) is 5.69 Å². The molecule has 1 aromatic rings. The van der Waals surface area contributed by atoms with Crippen LogP contribution in [0, 0.1) is 6.92 Å². The molecule has 2 N–H and O–H groups in total. The number of carboxylic acid groups (broad SMARTS) is 1. The quantitative estimate of drug-likeness (QED) is 0.747. The number of nitrogens with zero attached hydrogens (tertiary/aromatic N) is 1. The van der Waals surface area contributed by atoms with Crippen LogP contribution in [0.5, 0.6) is 0 Å².